The van der Waals surface area contributed by atoms with Crippen LogP contribution in [0.25, 0.3) is 22.0 Å². The van der Waals surface area contributed by atoms with Gasteiger partial charge >= 0.3 is 6.09 Å². The second-order valence-electron chi connectivity index (χ2n) is 12.3. The van der Waals surface area contributed by atoms with Crippen LogP contribution in [0.5, 0.6) is 0 Å². The smallest absolute Gasteiger partial charge is 0.407 e. The van der Waals surface area contributed by atoms with Gasteiger partial charge in [0.05, 0.1) is 0 Å². The number of aromatic nitrogens is 1. The van der Waals surface area contributed by atoms with E-state index in [-0.39, 0.29) is 24.5 Å². The van der Waals surface area contributed by atoms with Crippen molar-refractivity contribution in [1.82, 2.24) is 15.2 Å². The molecule has 1 fully saturated rings. The number of rotatable bonds is 9. The van der Waals surface area contributed by atoms with E-state index in [0.717, 1.165) is 58.8 Å². The van der Waals surface area contributed by atoms with Crippen LogP contribution in [0.3, 0.4) is 0 Å². The van der Waals surface area contributed by atoms with E-state index in [4.69, 9.17) is 4.74 Å². The zero-order chi connectivity index (χ0) is 30.6. The third-order valence-corrected chi connectivity index (χ3v) is 9.53. The lowest BCUT2D eigenvalue weighted by Gasteiger charge is -2.37. The molecule has 45 heavy (non-hydrogen) atoms. The fourth-order valence-corrected chi connectivity index (χ4v) is 7.26. The van der Waals surface area contributed by atoms with Crippen molar-refractivity contribution in [2.24, 2.45) is 0 Å². The van der Waals surface area contributed by atoms with Crippen molar-refractivity contribution in [3.63, 3.8) is 0 Å². The average Bonchev–Trinajstić information content (AvgIpc) is 3.65. The Morgan fingerprint density at radius 2 is 1.44 bits per heavy atom. The Morgan fingerprint density at radius 3 is 2.18 bits per heavy atom. The van der Waals surface area contributed by atoms with E-state index in [1.165, 1.54) is 17.5 Å². The number of nitrogens with zero attached hydrogens (tertiary/aromatic N) is 1. The summed E-state index contributed by atoms with van der Waals surface area (Å²) in [6.07, 6.45) is 7.11. The number of carbonyl (C=O) groups is 2. The van der Waals surface area contributed by atoms with Gasteiger partial charge in [-0.15, -0.1) is 0 Å². The van der Waals surface area contributed by atoms with E-state index < -0.39 is 12.1 Å². The van der Waals surface area contributed by atoms with Crippen molar-refractivity contribution in [3.8, 4) is 11.1 Å². The Kier molecular flexibility index (Phi) is 8.37. The Balaban J connectivity index is 1.14. The number of fused-ring (bicyclic) bond motifs is 4. The molecule has 2 N–H and O–H groups in total. The fourth-order valence-electron chi connectivity index (χ4n) is 7.26. The molecule has 2 aliphatic rings. The van der Waals surface area contributed by atoms with Crippen LogP contribution >= 0.6 is 0 Å². The van der Waals surface area contributed by atoms with Crippen molar-refractivity contribution in [2.45, 2.75) is 63.1 Å². The van der Waals surface area contributed by atoms with Crippen LogP contribution in [0, 0.1) is 0 Å². The molecule has 0 aliphatic heterocycles. The molecular weight excluding hydrogens is 558 g/mol. The first-order valence-electron chi connectivity index (χ1n) is 16.2. The van der Waals surface area contributed by atoms with Crippen molar-refractivity contribution >= 4 is 22.9 Å². The van der Waals surface area contributed by atoms with Crippen LogP contribution in [0.4, 0.5) is 4.79 Å². The Hall–Kier alpha value is -4.84. The van der Waals surface area contributed by atoms with E-state index in [1.807, 2.05) is 71.8 Å². The Bertz CT molecular complexity index is 1740. The summed E-state index contributed by atoms with van der Waals surface area (Å²) < 4.78 is 5.94. The maximum absolute atomic E-state index is 14.6. The van der Waals surface area contributed by atoms with E-state index in [2.05, 4.69) is 52.8 Å². The summed E-state index contributed by atoms with van der Waals surface area (Å²) in [5.74, 6) is -0.118. The lowest BCUT2D eigenvalue weighted by molar-refractivity contribution is -0.137. The van der Waals surface area contributed by atoms with E-state index in [1.54, 1.807) is 0 Å². The monoisotopic (exact) mass is 597 g/mol. The number of alkyl carbamates (subject to hydrolysis) is 1. The maximum atomic E-state index is 14.6. The molecule has 1 unspecified atom stereocenters. The molecule has 228 valence electrons. The first-order valence-corrected chi connectivity index (χ1v) is 16.2. The number of amides is 2. The summed E-state index contributed by atoms with van der Waals surface area (Å²) in [7, 11) is 0. The van der Waals surface area contributed by atoms with Gasteiger partial charge in [-0.25, -0.2) is 4.79 Å². The highest BCUT2D eigenvalue weighted by Gasteiger charge is 2.34. The number of aromatic amines is 1. The van der Waals surface area contributed by atoms with E-state index in [0.29, 0.717) is 13.0 Å². The summed E-state index contributed by atoms with van der Waals surface area (Å²) in [5.41, 5.74) is 7.76. The van der Waals surface area contributed by atoms with Gasteiger partial charge in [0.2, 0.25) is 5.91 Å². The molecule has 4 aromatic carbocycles. The van der Waals surface area contributed by atoms with Crippen molar-refractivity contribution in [2.75, 3.05) is 6.61 Å². The Morgan fingerprint density at radius 1 is 0.800 bits per heavy atom. The molecule has 1 atom stereocenters. The predicted octanol–water partition coefficient (Wildman–Crippen LogP) is 7.98. The van der Waals surface area contributed by atoms with Crippen LogP contribution in [0.2, 0.25) is 0 Å². The molecule has 0 bridgehead atoms. The van der Waals surface area contributed by atoms with Gasteiger partial charge in [0.1, 0.15) is 12.6 Å². The van der Waals surface area contributed by atoms with Gasteiger partial charge in [0.15, 0.2) is 0 Å². The lowest BCUT2D eigenvalue weighted by Crippen LogP contribution is -2.53. The highest BCUT2D eigenvalue weighted by Crippen LogP contribution is 2.44. The van der Waals surface area contributed by atoms with Gasteiger partial charge in [-0.1, -0.05) is 116 Å². The number of benzene rings is 4. The zero-order valence-corrected chi connectivity index (χ0v) is 25.5. The van der Waals surface area contributed by atoms with Crippen molar-refractivity contribution in [3.05, 3.63) is 132 Å². The van der Waals surface area contributed by atoms with Gasteiger partial charge in [-0.05, 0) is 52.3 Å². The molecule has 0 radical (unpaired) electrons. The standard InChI is InChI=1S/C39H39N3O3/c43-38(42(29-15-5-2-6-16-29)25-27-13-3-1-4-14-27)37(23-28-24-40-36-22-12-11-17-30(28)36)41-39(44)45-26-35-33-20-9-7-18-31(33)32-19-8-10-21-34(32)35/h1,3-4,7-14,17-22,24,29,35,37,40H,2,5-6,15-16,23,25-26H2,(H,41,44). The van der Waals surface area contributed by atoms with Gasteiger partial charge in [0.25, 0.3) is 0 Å². The summed E-state index contributed by atoms with van der Waals surface area (Å²) in [6, 6.07) is 34.2. The van der Waals surface area contributed by atoms with Gasteiger partial charge < -0.3 is 19.9 Å². The summed E-state index contributed by atoms with van der Waals surface area (Å²) in [5, 5.41) is 4.08. The first-order chi connectivity index (χ1) is 22.2. The number of carbonyl (C=O) groups excluding carboxylic acids is 2. The SMILES string of the molecule is O=C(NC(Cc1c[nH]c2ccccc12)C(=O)N(Cc1ccccc1)C1CCCCC1)OCC1c2ccccc2-c2ccccc21. The largest absolute Gasteiger partial charge is 0.449 e. The Labute approximate surface area is 264 Å². The molecule has 0 saturated heterocycles. The number of hydrogen-bond acceptors (Lipinski definition) is 3. The van der Waals surface area contributed by atoms with Crippen LogP contribution in [-0.4, -0.2) is 40.6 Å². The molecular formula is C39H39N3O3. The minimum absolute atomic E-state index is 0.0530. The second kappa shape index (κ2) is 13.0. The molecule has 1 aromatic heterocycles. The maximum Gasteiger partial charge on any atom is 0.407 e. The number of para-hydroxylation sites is 1. The molecule has 2 amide bonds. The minimum Gasteiger partial charge on any atom is -0.449 e. The molecule has 6 heteroatoms. The predicted molar refractivity (Wildman–Crippen MR) is 178 cm³/mol. The second-order valence-corrected chi connectivity index (χ2v) is 12.3. The summed E-state index contributed by atoms with van der Waals surface area (Å²) >= 11 is 0. The molecule has 0 spiro atoms. The van der Waals surface area contributed by atoms with Gasteiger partial charge in [-0.2, -0.15) is 0 Å². The van der Waals surface area contributed by atoms with Crippen LogP contribution in [0.1, 0.15) is 60.3 Å². The third kappa shape index (κ3) is 6.10. The molecule has 5 aromatic rings. The molecule has 1 saturated carbocycles. The molecule has 6 nitrogen and oxygen atoms in total. The quantitative estimate of drug-likeness (QED) is 0.181. The highest BCUT2D eigenvalue weighted by atomic mass is 16.5. The van der Waals surface area contributed by atoms with E-state index >= 15 is 0 Å². The summed E-state index contributed by atoms with van der Waals surface area (Å²) in [6.45, 7) is 0.714. The molecule has 7 rings (SSSR count). The highest BCUT2D eigenvalue weighted by molar-refractivity contribution is 5.89. The van der Waals surface area contributed by atoms with Gasteiger partial charge in [-0.3, -0.25) is 4.79 Å². The third-order valence-electron chi connectivity index (χ3n) is 9.53. The first kappa shape index (κ1) is 28.9. The normalized spacial score (nSPS) is 15.3. The number of hydrogen-bond donors (Lipinski definition) is 2. The average molecular weight is 598 g/mol. The summed E-state index contributed by atoms with van der Waals surface area (Å²) in [4.78, 5) is 33.5. The molecule has 1 heterocycles. The van der Waals surface area contributed by atoms with Crippen molar-refractivity contribution < 1.29 is 14.3 Å². The van der Waals surface area contributed by atoms with Crippen molar-refractivity contribution in [1.29, 1.82) is 0 Å². The van der Waals surface area contributed by atoms with Crippen LogP contribution < -0.4 is 5.32 Å². The number of ether oxygens (including phenoxy) is 1. The van der Waals surface area contributed by atoms with Crippen LogP contribution in [0.15, 0.2) is 109 Å². The number of H-pyrrole nitrogens is 1. The zero-order valence-electron chi connectivity index (χ0n) is 25.5. The van der Waals surface area contributed by atoms with Crippen LogP contribution in [-0.2, 0) is 22.5 Å². The van der Waals surface area contributed by atoms with Gasteiger partial charge in [0, 0.05) is 42.0 Å². The number of nitrogens with one attached hydrogen (secondary N) is 2. The lowest BCUT2D eigenvalue weighted by atomic mass is 9.92. The van der Waals surface area contributed by atoms with E-state index in [9.17, 15) is 9.59 Å². The topological polar surface area (TPSA) is 74.4 Å². The fraction of sp³-hybridized carbons (Fsp3) is 0.282. The minimum atomic E-state index is -0.773. The molecule has 2 aliphatic carbocycles.